The molecule has 0 saturated carbocycles. The molecule has 102 valence electrons. The monoisotopic (exact) mass is 262 g/mol. The average Bonchev–Trinajstić information content (AvgIpc) is 2.87. The third kappa shape index (κ3) is 3.10. The summed E-state index contributed by atoms with van der Waals surface area (Å²) >= 11 is 0. The normalized spacial score (nSPS) is 19.3. The minimum Gasteiger partial charge on any atom is -0.368 e. The Morgan fingerprint density at radius 2 is 2.00 bits per heavy atom. The van der Waals surface area contributed by atoms with Crippen molar-refractivity contribution in [1.82, 2.24) is 10.3 Å². The van der Waals surface area contributed by atoms with Crippen molar-refractivity contribution < 1.29 is 9.59 Å². The Morgan fingerprint density at radius 1 is 1.32 bits per heavy atom. The molecular formula is C13H18N4O2. The summed E-state index contributed by atoms with van der Waals surface area (Å²) in [5.74, 6) is 4.48. The maximum absolute atomic E-state index is 11.3. The molecule has 19 heavy (non-hydrogen) atoms. The van der Waals surface area contributed by atoms with Crippen LogP contribution in [0.25, 0.3) is 0 Å². The number of nitrogen functional groups attached to an aromatic ring is 1. The van der Waals surface area contributed by atoms with Crippen LogP contribution in [0.1, 0.15) is 28.8 Å². The maximum atomic E-state index is 11.3. The Bertz CT molecular complexity index is 472. The zero-order valence-corrected chi connectivity index (χ0v) is 10.6. The molecule has 0 bridgehead atoms. The number of hydrogen-bond acceptors (Lipinski definition) is 4. The minimum absolute atomic E-state index is 0.174. The molecule has 0 radical (unpaired) electrons. The summed E-state index contributed by atoms with van der Waals surface area (Å²) < 4.78 is 0. The van der Waals surface area contributed by atoms with Crippen molar-refractivity contribution in [2.45, 2.75) is 25.4 Å². The summed E-state index contributed by atoms with van der Waals surface area (Å²) in [6.45, 7) is 1.54. The molecule has 1 aromatic rings. The van der Waals surface area contributed by atoms with Crippen LogP contribution in [0.4, 0.5) is 0 Å². The first-order valence-electron chi connectivity index (χ1n) is 6.25. The van der Waals surface area contributed by atoms with Gasteiger partial charge in [0.2, 0.25) is 5.91 Å². The fraction of sp³-hybridized carbons (Fsp3) is 0.385. The van der Waals surface area contributed by atoms with Crippen LogP contribution in [-0.2, 0) is 11.3 Å². The van der Waals surface area contributed by atoms with E-state index in [9.17, 15) is 9.59 Å². The topological polar surface area (TPSA) is 101 Å². The highest BCUT2D eigenvalue weighted by Crippen LogP contribution is 2.19. The molecule has 0 aliphatic carbocycles. The SMILES string of the molecule is NNC(=O)c1ccc(CN2CCCC2C(N)=O)cc1. The van der Waals surface area contributed by atoms with E-state index in [-0.39, 0.29) is 17.9 Å². The quantitative estimate of drug-likeness (QED) is 0.395. The number of hydrogen-bond donors (Lipinski definition) is 3. The van der Waals surface area contributed by atoms with Gasteiger partial charge >= 0.3 is 0 Å². The van der Waals surface area contributed by atoms with Crippen LogP contribution in [0.2, 0.25) is 0 Å². The van der Waals surface area contributed by atoms with Crippen molar-refractivity contribution in [2.75, 3.05) is 6.54 Å². The number of rotatable bonds is 4. The number of benzene rings is 1. The third-order valence-electron chi connectivity index (χ3n) is 3.42. The van der Waals surface area contributed by atoms with Crippen LogP contribution in [0.15, 0.2) is 24.3 Å². The van der Waals surface area contributed by atoms with E-state index in [1.54, 1.807) is 12.1 Å². The van der Waals surface area contributed by atoms with Crippen molar-refractivity contribution in [3.05, 3.63) is 35.4 Å². The predicted octanol–water partition coefficient (Wildman–Crippen LogP) is -0.260. The molecule has 1 atom stereocenters. The molecular weight excluding hydrogens is 244 g/mol. The van der Waals surface area contributed by atoms with Crippen molar-refractivity contribution >= 4 is 11.8 Å². The lowest BCUT2D eigenvalue weighted by atomic mass is 10.1. The van der Waals surface area contributed by atoms with Gasteiger partial charge in [-0.05, 0) is 37.1 Å². The summed E-state index contributed by atoms with van der Waals surface area (Å²) in [6, 6.07) is 6.98. The van der Waals surface area contributed by atoms with E-state index >= 15 is 0 Å². The standard InChI is InChI=1S/C13H18N4O2/c14-12(18)11-2-1-7-17(11)8-9-3-5-10(6-4-9)13(19)16-15/h3-6,11H,1-2,7-8,15H2,(H2,14,18)(H,16,19). The Balaban J connectivity index is 2.03. The first kappa shape index (κ1) is 13.5. The van der Waals surface area contributed by atoms with E-state index in [1.165, 1.54) is 0 Å². The zero-order chi connectivity index (χ0) is 13.8. The molecule has 1 aliphatic rings. The molecule has 2 rings (SSSR count). The van der Waals surface area contributed by atoms with Gasteiger partial charge in [-0.1, -0.05) is 12.1 Å². The van der Waals surface area contributed by atoms with Crippen molar-refractivity contribution in [3.8, 4) is 0 Å². The molecule has 1 unspecified atom stereocenters. The zero-order valence-electron chi connectivity index (χ0n) is 10.6. The Kier molecular flexibility index (Phi) is 4.13. The molecule has 2 amide bonds. The molecule has 0 spiro atoms. The lowest BCUT2D eigenvalue weighted by molar-refractivity contribution is -0.122. The van der Waals surface area contributed by atoms with Gasteiger partial charge in [-0.25, -0.2) is 5.84 Å². The van der Waals surface area contributed by atoms with E-state index in [2.05, 4.69) is 10.3 Å². The van der Waals surface area contributed by atoms with Crippen molar-refractivity contribution in [2.24, 2.45) is 11.6 Å². The summed E-state index contributed by atoms with van der Waals surface area (Å²) in [5.41, 5.74) is 9.02. The smallest absolute Gasteiger partial charge is 0.265 e. The number of hydrazine groups is 1. The average molecular weight is 262 g/mol. The molecule has 6 heteroatoms. The maximum Gasteiger partial charge on any atom is 0.265 e. The first-order chi connectivity index (χ1) is 9.11. The number of carbonyl (C=O) groups excluding carboxylic acids is 2. The number of nitrogens with one attached hydrogen (secondary N) is 1. The fourth-order valence-electron chi connectivity index (χ4n) is 2.42. The van der Waals surface area contributed by atoms with Gasteiger partial charge in [0.1, 0.15) is 0 Å². The van der Waals surface area contributed by atoms with Gasteiger partial charge in [-0.2, -0.15) is 0 Å². The van der Waals surface area contributed by atoms with Gasteiger partial charge in [-0.15, -0.1) is 0 Å². The van der Waals surface area contributed by atoms with Gasteiger partial charge in [0.25, 0.3) is 5.91 Å². The molecule has 1 aromatic carbocycles. The Labute approximate surface area is 111 Å². The highest BCUT2D eigenvalue weighted by Gasteiger charge is 2.28. The molecule has 1 heterocycles. The highest BCUT2D eigenvalue weighted by molar-refractivity contribution is 5.93. The van der Waals surface area contributed by atoms with Gasteiger partial charge < -0.3 is 5.73 Å². The molecule has 1 aliphatic heterocycles. The molecule has 5 N–H and O–H groups in total. The highest BCUT2D eigenvalue weighted by atomic mass is 16.2. The van der Waals surface area contributed by atoms with E-state index in [0.717, 1.165) is 24.9 Å². The fourth-order valence-corrected chi connectivity index (χ4v) is 2.42. The molecule has 1 fully saturated rings. The van der Waals surface area contributed by atoms with Crippen LogP contribution in [-0.4, -0.2) is 29.3 Å². The Hall–Kier alpha value is -1.92. The van der Waals surface area contributed by atoms with Gasteiger partial charge in [0.05, 0.1) is 6.04 Å². The number of amides is 2. The second-order valence-corrected chi connectivity index (χ2v) is 4.70. The summed E-state index contributed by atoms with van der Waals surface area (Å²) in [6.07, 6.45) is 1.81. The van der Waals surface area contributed by atoms with Gasteiger partial charge in [-0.3, -0.25) is 19.9 Å². The van der Waals surface area contributed by atoms with Crippen molar-refractivity contribution in [1.29, 1.82) is 0 Å². The second-order valence-electron chi connectivity index (χ2n) is 4.70. The number of likely N-dealkylation sites (tertiary alicyclic amines) is 1. The molecule has 1 saturated heterocycles. The first-order valence-corrected chi connectivity index (χ1v) is 6.25. The number of carbonyl (C=O) groups is 2. The molecule has 6 nitrogen and oxygen atoms in total. The van der Waals surface area contributed by atoms with Crippen molar-refractivity contribution in [3.63, 3.8) is 0 Å². The van der Waals surface area contributed by atoms with Gasteiger partial charge in [0, 0.05) is 12.1 Å². The van der Waals surface area contributed by atoms with E-state index in [4.69, 9.17) is 11.6 Å². The number of nitrogens with zero attached hydrogens (tertiary/aromatic N) is 1. The van der Waals surface area contributed by atoms with Gasteiger partial charge in [0.15, 0.2) is 0 Å². The van der Waals surface area contributed by atoms with Crippen LogP contribution in [0.5, 0.6) is 0 Å². The van der Waals surface area contributed by atoms with Crippen LogP contribution in [0.3, 0.4) is 0 Å². The van der Waals surface area contributed by atoms with Crippen LogP contribution >= 0.6 is 0 Å². The summed E-state index contributed by atoms with van der Waals surface area (Å²) in [7, 11) is 0. The van der Waals surface area contributed by atoms with Crippen LogP contribution in [0, 0.1) is 0 Å². The third-order valence-corrected chi connectivity index (χ3v) is 3.42. The number of nitrogens with two attached hydrogens (primary N) is 2. The lowest BCUT2D eigenvalue weighted by Crippen LogP contribution is -2.39. The minimum atomic E-state index is -0.317. The number of primary amides is 1. The predicted molar refractivity (Wildman–Crippen MR) is 70.7 cm³/mol. The Morgan fingerprint density at radius 3 is 2.58 bits per heavy atom. The summed E-state index contributed by atoms with van der Waals surface area (Å²) in [4.78, 5) is 24.7. The molecule has 0 aromatic heterocycles. The summed E-state index contributed by atoms with van der Waals surface area (Å²) in [5, 5.41) is 0. The van der Waals surface area contributed by atoms with E-state index in [0.29, 0.717) is 12.1 Å². The largest absolute Gasteiger partial charge is 0.368 e. The van der Waals surface area contributed by atoms with E-state index in [1.807, 2.05) is 12.1 Å². The second kappa shape index (κ2) is 5.81. The van der Waals surface area contributed by atoms with Crippen LogP contribution < -0.4 is 17.0 Å². The van der Waals surface area contributed by atoms with E-state index < -0.39 is 0 Å². The lowest BCUT2D eigenvalue weighted by Gasteiger charge is -2.21.